The Balaban J connectivity index is 2.08. The van der Waals surface area contributed by atoms with Crippen molar-refractivity contribution in [2.75, 3.05) is 19.8 Å². The van der Waals surface area contributed by atoms with Gasteiger partial charge in [-0.25, -0.2) is 0 Å². The summed E-state index contributed by atoms with van der Waals surface area (Å²) in [4.78, 5) is 4.12. The molecule has 1 aliphatic rings. The maximum Gasteiger partial charge on any atom is 0.245 e. The van der Waals surface area contributed by atoms with Crippen molar-refractivity contribution in [3.05, 3.63) is 11.7 Å². The van der Waals surface area contributed by atoms with Crippen LogP contribution in [0, 0.1) is 0 Å². The maximum absolute atomic E-state index is 8.79. The van der Waals surface area contributed by atoms with Gasteiger partial charge in [0.15, 0.2) is 5.82 Å². The largest absolute Gasteiger partial charge is 0.394 e. The van der Waals surface area contributed by atoms with Gasteiger partial charge in [0.25, 0.3) is 0 Å². The van der Waals surface area contributed by atoms with Gasteiger partial charge in [0.2, 0.25) is 5.89 Å². The number of aromatic nitrogens is 2. The Morgan fingerprint density at radius 2 is 2.50 bits per heavy atom. The summed E-state index contributed by atoms with van der Waals surface area (Å²) < 4.78 is 10.1. The summed E-state index contributed by atoms with van der Waals surface area (Å²) >= 11 is 0. The molecular formula is C8H13N3O3. The second-order valence-electron chi connectivity index (χ2n) is 3.34. The van der Waals surface area contributed by atoms with Gasteiger partial charge in [-0.15, -0.1) is 0 Å². The lowest BCUT2D eigenvalue weighted by atomic mass is 10.1. The maximum atomic E-state index is 8.79. The molecule has 6 heteroatoms. The van der Waals surface area contributed by atoms with Crippen molar-refractivity contribution in [1.29, 1.82) is 0 Å². The normalized spacial score (nSPS) is 24.0. The lowest BCUT2D eigenvalue weighted by Gasteiger charge is -2.00. The highest BCUT2D eigenvalue weighted by molar-refractivity contribution is 4.99. The van der Waals surface area contributed by atoms with Crippen molar-refractivity contribution in [3.63, 3.8) is 0 Å². The molecule has 0 amide bonds. The second-order valence-corrected chi connectivity index (χ2v) is 3.34. The molecule has 0 saturated carbocycles. The minimum atomic E-state index is -0.585. The monoisotopic (exact) mass is 199 g/mol. The van der Waals surface area contributed by atoms with E-state index in [1.807, 2.05) is 0 Å². The van der Waals surface area contributed by atoms with Crippen LogP contribution in [0.25, 0.3) is 0 Å². The molecule has 0 aromatic carbocycles. The van der Waals surface area contributed by atoms with E-state index in [1.54, 1.807) is 0 Å². The van der Waals surface area contributed by atoms with Crippen LogP contribution in [-0.4, -0.2) is 35.1 Å². The lowest BCUT2D eigenvalue weighted by molar-refractivity contribution is 0.192. The van der Waals surface area contributed by atoms with E-state index in [1.165, 1.54) is 0 Å². The second kappa shape index (κ2) is 4.04. The quantitative estimate of drug-likeness (QED) is 0.685. The molecule has 2 heterocycles. The molecule has 1 aromatic heterocycles. The smallest absolute Gasteiger partial charge is 0.245 e. The van der Waals surface area contributed by atoms with Crippen LogP contribution in [0.15, 0.2) is 4.52 Å². The predicted molar refractivity (Wildman–Crippen MR) is 46.5 cm³/mol. The SMILES string of the molecule is NC(CO)c1nc(C2CCOC2)no1. The van der Waals surface area contributed by atoms with Crippen molar-refractivity contribution < 1.29 is 14.4 Å². The summed E-state index contributed by atoms with van der Waals surface area (Å²) in [5.74, 6) is 1.12. The Bertz CT molecular complexity index is 296. The fraction of sp³-hybridized carbons (Fsp3) is 0.750. The van der Waals surface area contributed by atoms with Crippen molar-refractivity contribution >= 4 is 0 Å². The molecule has 14 heavy (non-hydrogen) atoms. The average Bonchev–Trinajstić information content (AvgIpc) is 2.86. The van der Waals surface area contributed by atoms with Gasteiger partial charge in [-0.1, -0.05) is 5.16 Å². The van der Waals surface area contributed by atoms with Gasteiger partial charge in [0.1, 0.15) is 6.04 Å². The van der Waals surface area contributed by atoms with Gasteiger partial charge in [0.05, 0.1) is 13.2 Å². The Labute approximate surface area is 81.0 Å². The van der Waals surface area contributed by atoms with Gasteiger partial charge in [0, 0.05) is 12.5 Å². The van der Waals surface area contributed by atoms with Crippen LogP contribution in [0.3, 0.4) is 0 Å². The van der Waals surface area contributed by atoms with Crippen molar-refractivity contribution in [2.24, 2.45) is 5.73 Å². The molecule has 0 bridgehead atoms. The van der Waals surface area contributed by atoms with Gasteiger partial charge < -0.3 is 20.1 Å². The fourth-order valence-electron chi connectivity index (χ4n) is 1.38. The summed E-state index contributed by atoms with van der Waals surface area (Å²) in [6.07, 6.45) is 0.910. The van der Waals surface area contributed by atoms with Crippen LogP contribution in [0.1, 0.15) is 30.1 Å². The molecular weight excluding hydrogens is 186 g/mol. The molecule has 78 valence electrons. The van der Waals surface area contributed by atoms with E-state index < -0.39 is 6.04 Å². The van der Waals surface area contributed by atoms with E-state index in [9.17, 15) is 0 Å². The van der Waals surface area contributed by atoms with Gasteiger partial charge in [-0.2, -0.15) is 4.98 Å². The molecule has 0 spiro atoms. The number of aliphatic hydroxyl groups is 1. The highest BCUT2D eigenvalue weighted by Crippen LogP contribution is 2.23. The standard InChI is InChI=1S/C8H13N3O3/c9-6(3-12)8-10-7(11-14-8)5-1-2-13-4-5/h5-6,12H,1-4,9H2. The number of ether oxygens (including phenoxy) is 1. The minimum absolute atomic E-state index is 0.192. The first kappa shape index (κ1) is 9.57. The fourth-order valence-corrected chi connectivity index (χ4v) is 1.38. The Kier molecular flexibility index (Phi) is 2.76. The van der Waals surface area contributed by atoms with Crippen LogP contribution in [0.4, 0.5) is 0 Å². The molecule has 0 radical (unpaired) electrons. The Morgan fingerprint density at radius 3 is 3.14 bits per heavy atom. The zero-order valence-electron chi connectivity index (χ0n) is 7.72. The van der Waals surface area contributed by atoms with Crippen LogP contribution in [-0.2, 0) is 4.74 Å². The Hall–Kier alpha value is -0.980. The molecule has 1 fully saturated rings. The van der Waals surface area contributed by atoms with E-state index in [-0.39, 0.29) is 18.4 Å². The van der Waals surface area contributed by atoms with Crippen LogP contribution in [0.5, 0.6) is 0 Å². The molecule has 1 saturated heterocycles. The third-order valence-corrected chi connectivity index (χ3v) is 2.27. The van der Waals surface area contributed by atoms with E-state index >= 15 is 0 Å². The molecule has 2 unspecified atom stereocenters. The average molecular weight is 199 g/mol. The first-order valence-electron chi connectivity index (χ1n) is 4.59. The molecule has 0 aliphatic carbocycles. The summed E-state index contributed by atoms with van der Waals surface area (Å²) in [5.41, 5.74) is 5.53. The summed E-state index contributed by atoms with van der Waals surface area (Å²) in [6, 6.07) is -0.585. The first-order chi connectivity index (χ1) is 6.81. The predicted octanol–water partition coefficient (Wildman–Crippen LogP) is -0.434. The molecule has 6 nitrogen and oxygen atoms in total. The highest BCUT2D eigenvalue weighted by atomic mass is 16.5. The van der Waals surface area contributed by atoms with Crippen molar-refractivity contribution in [3.8, 4) is 0 Å². The van der Waals surface area contributed by atoms with Crippen LogP contribution in [0.2, 0.25) is 0 Å². The van der Waals surface area contributed by atoms with Crippen molar-refractivity contribution in [1.82, 2.24) is 10.1 Å². The number of hydrogen-bond acceptors (Lipinski definition) is 6. The molecule has 3 N–H and O–H groups in total. The summed E-state index contributed by atoms with van der Waals surface area (Å²) in [7, 11) is 0. The Morgan fingerprint density at radius 1 is 1.64 bits per heavy atom. The summed E-state index contributed by atoms with van der Waals surface area (Å²) in [6.45, 7) is 1.18. The molecule has 2 atom stereocenters. The van der Waals surface area contributed by atoms with Gasteiger partial charge in [-0.3, -0.25) is 0 Å². The zero-order valence-corrected chi connectivity index (χ0v) is 7.72. The number of aliphatic hydroxyl groups excluding tert-OH is 1. The first-order valence-corrected chi connectivity index (χ1v) is 4.59. The van der Waals surface area contributed by atoms with E-state index in [2.05, 4.69) is 10.1 Å². The molecule has 1 aromatic rings. The summed E-state index contributed by atoms with van der Waals surface area (Å²) in [5, 5.41) is 12.6. The third-order valence-electron chi connectivity index (χ3n) is 2.27. The van der Waals surface area contributed by atoms with Crippen LogP contribution >= 0.6 is 0 Å². The lowest BCUT2D eigenvalue weighted by Crippen LogP contribution is -2.15. The third kappa shape index (κ3) is 1.77. The van der Waals surface area contributed by atoms with Gasteiger partial charge in [-0.05, 0) is 6.42 Å². The number of nitrogens with zero attached hydrogens (tertiary/aromatic N) is 2. The molecule has 2 rings (SSSR count). The number of nitrogens with two attached hydrogens (primary N) is 1. The molecule has 1 aliphatic heterocycles. The number of rotatable bonds is 3. The number of hydrogen-bond donors (Lipinski definition) is 2. The van der Waals surface area contributed by atoms with Crippen LogP contribution < -0.4 is 5.73 Å². The van der Waals surface area contributed by atoms with E-state index in [0.29, 0.717) is 12.4 Å². The minimum Gasteiger partial charge on any atom is -0.394 e. The van der Waals surface area contributed by atoms with E-state index in [0.717, 1.165) is 13.0 Å². The highest BCUT2D eigenvalue weighted by Gasteiger charge is 2.24. The zero-order chi connectivity index (χ0) is 9.97. The van der Waals surface area contributed by atoms with E-state index in [4.69, 9.17) is 20.1 Å². The topological polar surface area (TPSA) is 94.4 Å². The van der Waals surface area contributed by atoms with Crippen molar-refractivity contribution in [2.45, 2.75) is 18.4 Å². The van der Waals surface area contributed by atoms with Gasteiger partial charge >= 0.3 is 0 Å².